The van der Waals surface area contributed by atoms with Gasteiger partial charge >= 0.3 is 0 Å². The number of benzene rings is 1. The fraction of sp³-hybridized carbons (Fsp3) is 0.333. The highest BCUT2D eigenvalue weighted by Crippen LogP contribution is 2.24. The molecule has 0 saturated carbocycles. The average molecular weight is 281 g/mol. The lowest BCUT2D eigenvalue weighted by atomic mass is 10.0. The summed E-state index contributed by atoms with van der Waals surface area (Å²) in [5.41, 5.74) is 0.918. The van der Waals surface area contributed by atoms with Crippen LogP contribution in [-0.4, -0.2) is 18.3 Å². The first-order valence-electron chi connectivity index (χ1n) is 6.22. The number of aliphatic hydroxyl groups excluding tert-OH is 1. The minimum absolute atomic E-state index is 0.447. The minimum atomic E-state index is -0.447. The van der Waals surface area contributed by atoms with Gasteiger partial charge < -0.3 is 14.3 Å². The highest BCUT2D eigenvalue weighted by molar-refractivity contribution is 6.30. The summed E-state index contributed by atoms with van der Waals surface area (Å²) in [7, 11) is 1.61. The van der Waals surface area contributed by atoms with Gasteiger partial charge in [-0.1, -0.05) is 11.6 Å². The van der Waals surface area contributed by atoms with Gasteiger partial charge in [0.15, 0.2) is 0 Å². The quantitative estimate of drug-likeness (QED) is 0.881. The Morgan fingerprint density at radius 3 is 2.89 bits per heavy atom. The van der Waals surface area contributed by atoms with E-state index in [4.69, 9.17) is 20.8 Å². The van der Waals surface area contributed by atoms with Gasteiger partial charge in [-0.2, -0.15) is 0 Å². The molecule has 4 heteroatoms. The van der Waals surface area contributed by atoms with Crippen molar-refractivity contribution in [3.8, 4) is 5.75 Å². The SMILES string of the molecule is COc1ccc(Cl)cc1CC(O)CCc1ccco1. The molecule has 2 rings (SSSR count). The molecule has 0 spiro atoms. The van der Waals surface area contributed by atoms with E-state index in [0.717, 1.165) is 23.5 Å². The summed E-state index contributed by atoms with van der Waals surface area (Å²) in [5, 5.41) is 10.7. The molecule has 0 saturated heterocycles. The fourth-order valence-electron chi connectivity index (χ4n) is 2.03. The second-order valence-electron chi connectivity index (χ2n) is 4.43. The van der Waals surface area contributed by atoms with Gasteiger partial charge in [-0.15, -0.1) is 0 Å². The monoisotopic (exact) mass is 280 g/mol. The van der Waals surface area contributed by atoms with Crippen LogP contribution in [0.5, 0.6) is 5.75 Å². The first-order valence-corrected chi connectivity index (χ1v) is 6.59. The van der Waals surface area contributed by atoms with Crippen LogP contribution in [0.3, 0.4) is 0 Å². The Labute approximate surface area is 117 Å². The molecule has 0 aliphatic rings. The third-order valence-electron chi connectivity index (χ3n) is 3.00. The van der Waals surface area contributed by atoms with E-state index >= 15 is 0 Å². The van der Waals surface area contributed by atoms with E-state index < -0.39 is 6.10 Å². The Morgan fingerprint density at radius 1 is 1.37 bits per heavy atom. The van der Waals surface area contributed by atoms with Crippen LogP contribution < -0.4 is 4.74 Å². The third-order valence-corrected chi connectivity index (χ3v) is 3.24. The van der Waals surface area contributed by atoms with Crippen molar-refractivity contribution in [2.45, 2.75) is 25.4 Å². The minimum Gasteiger partial charge on any atom is -0.496 e. The van der Waals surface area contributed by atoms with E-state index in [2.05, 4.69) is 0 Å². The number of methoxy groups -OCH3 is 1. The lowest BCUT2D eigenvalue weighted by Gasteiger charge is -2.13. The van der Waals surface area contributed by atoms with Gasteiger partial charge in [0.1, 0.15) is 11.5 Å². The summed E-state index contributed by atoms with van der Waals surface area (Å²) in [5.74, 6) is 1.64. The summed E-state index contributed by atoms with van der Waals surface area (Å²) in [6.07, 6.45) is 3.07. The molecule has 1 aromatic heterocycles. The number of halogens is 1. The molecule has 1 unspecified atom stereocenters. The molecule has 0 aliphatic carbocycles. The molecule has 1 aromatic carbocycles. The number of hydrogen-bond acceptors (Lipinski definition) is 3. The summed E-state index contributed by atoms with van der Waals surface area (Å²) in [6, 6.07) is 9.18. The van der Waals surface area contributed by atoms with Gasteiger partial charge in [-0.25, -0.2) is 0 Å². The average Bonchev–Trinajstić information content (AvgIpc) is 2.90. The third kappa shape index (κ3) is 4.01. The molecule has 19 heavy (non-hydrogen) atoms. The van der Waals surface area contributed by atoms with Crippen molar-refractivity contribution in [1.82, 2.24) is 0 Å². The zero-order valence-corrected chi connectivity index (χ0v) is 11.6. The molecule has 0 aliphatic heterocycles. The predicted molar refractivity (Wildman–Crippen MR) is 74.7 cm³/mol. The van der Waals surface area contributed by atoms with Crippen LogP contribution in [0.4, 0.5) is 0 Å². The molecule has 1 heterocycles. The molecule has 0 amide bonds. The summed E-state index contributed by atoms with van der Waals surface area (Å²) in [4.78, 5) is 0. The Morgan fingerprint density at radius 2 is 2.21 bits per heavy atom. The van der Waals surface area contributed by atoms with Crippen LogP contribution in [0, 0.1) is 0 Å². The number of hydrogen-bond donors (Lipinski definition) is 1. The van der Waals surface area contributed by atoms with E-state index in [1.807, 2.05) is 24.3 Å². The van der Waals surface area contributed by atoms with E-state index in [1.165, 1.54) is 0 Å². The Kier molecular flexibility index (Phi) is 4.88. The topological polar surface area (TPSA) is 42.6 Å². The van der Waals surface area contributed by atoms with Crippen LogP contribution in [0.15, 0.2) is 41.0 Å². The molecule has 2 aromatic rings. The maximum atomic E-state index is 10.1. The number of rotatable bonds is 6. The van der Waals surface area contributed by atoms with Crippen LogP contribution in [0.25, 0.3) is 0 Å². The second-order valence-corrected chi connectivity index (χ2v) is 4.87. The van der Waals surface area contributed by atoms with Gasteiger partial charge in [0.2, 0.25) is 0 Å². The molecule has 0 radical (unpaired) electrons. The molecule has 3 nitrogen and oxygen atoms in total. The molecule has 1 N–H and O–H groups in total. The van der Waals surface area contributed by atoms with Crippen LogP contribution >= 0.6 is 11.6 Å². The summed E-state index contributed by atoms with van der Waals surface area (Å²) in [6.45, 7) is 0. The predicted octanol–water partition coefficient (Wildman–Crippen LogP) is 3.48. The van der Waals surface area contributed by atoms with Gasteiger partial charge in [-0.3, -0.25) is 0 Å². The second kappa shape index (κ2) is 6.64. The molecular formula is C15H17ClO3. The lowest BCUT2D eigenvalue weighted by molar-refractivity contribution is 0.162. The molecule has 0 bridgehead atoms. The maximum Gasteiger partial charge on any atom is 0.122 e. The summed E-state index contributed by atoms with van der Waals surface area (Å²) < 4.78 is 10.5. The highest BCUT2D eigenvalue weighted by atomic mass is 35.5. The van der Waals surface area contributed by atoms with Gasteiger partial charge in [0.25, 0.3) is 0 Å². The first-order chi connectivity index (χ1) is 9.19. The van der Waals surface area contributed by atoms with E-state index in [9.17, 15) is 5.11 Å². The van der Waals surface area contributed by atoms with Gasteiger partial charge in [0.05, 0.1) is 19.5 Å². The van der Waals surface area contributed by atoms with Gasteiger partial charge in [0, 0.05) is 17.9 Å². The van der Waals surface area contributed by atoms with Crippen molar-refractivity contribution < 1.29 is 14.3 Å². The van der Waals surface area contributed by atoms with E-state index in [0.29, 0.717) is 17.9 Å². The highest BCUT2D eigenvalue weighted by Gasteiger charge is 2.11. The number of furan rings is 1. The molecular weight excluding hydrogens is 264 g/mol. The van der Waals surface area contributed by atoms with Crippen molar-refractivity contribution in [3.63, 3.8) is 0 Å². The smallest absolute Gasteiger partial charge is 0.122 e. The van der Waals surface area contributed by atoms with Gasteiger partial charge in [-0.05, 0) is 42.3 Å². The largest absolute Gasteiger partial charge is 0.496 e. The fourth-order valence-corrected chi connectivity index (χ4v) is 2.22. The Balaban J connectivity index is 1.94. The van der Waals surface area contributed by atoms with E-state index in [-0.39, 0.29) is 0 Å². The standard InChI is InChI=1S/C15H17ClO3/c1-18-15-7-4-12(16)9-11(15)10-13(17)5-6-14-3-2-8-19-14/h2-4,7-9,13,17H,5-6,10H2,1H3. The van der Waals surface area contributed by atoms with Crippen molar-refractivity contribution in [2.75, 3.05) is 7.11 Å². The van der Waals surface area contributed by atoms with Crippen LogP contribution in [0.1, 0.15) is 17.7 Å². The zero-order valence-electron chi connectivity index (χ0n) is 10.8. The molecule has 0 fully saturated rings. The first kappa shape index (κ1) is 14.0. The molecule has 1 atom stereocenters. The Bertz CT molecular complexity index is 508. The maximum absolute atomic E-state index is 10.1. The van der Waals surface area contributed by atoms with E-state index in [1.54, 1.807) is 19.4 Å². The normalized spacial score (nSPS) is 12.4. The number of aliphatic hydroxyl groups is 1. The number of aryl methyl sites for hydroxylation is 1. The van der Waals surface area contributed by atoms with Crippen LogP contribution in [0.2, 0.25) is 5.02 Å². The van der Waals surface area contributed by atoms with Crippen molar-refractivity contribution in [2.24, 2.45) is 0 Å². The summed E-state index contributed by atoms with van der Waals surface area (Å²) >= 11 is 5.96. The zero-order chi connectivity index (χ0) is 13.7. The van der Waals surface area contributed by atoms with Crippen LogP contribution in [-0.2, 0) is 12.8 Å². The van der Waals surface area contributed by atoms with Crippen molar-refractivity contribution in [3.05, 3.63) is 52.9 Å². The van der Waals surface area contributed by atoms with Crippen molar-refractivity contribution in [1.29, 1.82) is 0 Å². The molecule has 102 valence electrons. The number of ether oxygens (including phenoxy) is 1. The van der Waals surface area contributed by atoms with Crippen molar-refractivity contribution >= 4 is 11.6 Å². The lowest BCUT2D eigenvalue weighted by Crippen LogP contribution is -2.12. The Hall–Kier alpha value is -1.45.